The average Bonchev–Trinajstić information content (AvgIpc) is 2.37. The Morgan fingerprint density at radius 2 is 2.22 bits per heavy atom. The van der Waals surface area contributed by atoms with Gasteiger partial charge in [0.25, 0.3) is 0 Å². The van der Waals surface area contributed by atoms with Crippen LogP contribution in [0.4, 0.5) is 11.4 Å². The number of carbonyl (C=O) groups is 1. The molecule has 1 rings (SSSR count). The highest BCUT2D eigenvalue weighted by atomic mass is 32.2. The largest absolute Gasteiger partial charge is 0.465 e. The van der Waals surface area contributed by atoms with Crippen molar-refractivity contribution in [2.24, 2.45) is 0 Å². The van der Waals surface area contributed by atoms with Crippen LogP contribution in [0.15, 0.2) is 12.1 Å². The Labute approximate surface area is 112 Å². The van der Waals surface area contributed by atoms with E-state index in [4.69, 9.17) is 10.5 Å². The number of benzene rings is 1. The van der Waals surface area contributed by atoms with E-state index >= 15 is 0 Å². The average molecular weight is 268 g/mol. The van der Waals surface area contributed by atoms with Gasteiger partial charge in [0.05, 0.1) is 12.7 Å². The molecule has 0 radical (unpaired) electrons. The zero-order chi connectivity index (χ0) is 13.5. The summed E-state index contributed by atoms with van der Waals surface area (Å²) in [7, 11) is 1.36. The fourth-order valence-corrected chi connectivity index (χ4v) is 2.06. The minimum atomic E-state index is -0.400. The van der Waals surface area contributed by atoms with E-state index in [9.17, 15) is 4.79 Å². The molecule has 100 valence electrons. The third-order valence-electron chi connectivity index (χ3n) is 2.65. The highest BCUT2D eigenvalue weighted by molar-refractivity contribution is 7.98. The number of hydrogen-bond donors (Lipinski definition) is 2. The van der Waals surface area contributed by atoms with Crippen LogP contribution in [-0.4, -0.2) is 31.6 Å². The number of nitrogens with two attached hydrogens (primary N) is 1. The molecule has 1 aromatic carbocycles. The number of methoxy groups -OCH3 is 1. The first-order valence-corrected chi connectivity index (χ1v) is 7.20. The molecule has 4 nitrogen and oxygen atoms in total. The van der Waals surface area contributed by atoms with E-state index in [-0.39, 0.29) is 0 Å². The molecule has 0 bridgehead atoms. The molecule has 0 fully saturated rings. The van der Waals surface area contributed by atoms with Crippen LogP contribution in [0, 0.1) is 6.92 Å². The zero-order valence-electron chi connectivity index (χ0n) is 11.1. The number of esters is 1. The standard InChI is InChI=1S/C13H20N2O2S/c1-9-7-10(15-5-4-6-18-3)8-11(12(9)14)13(16)17-2/h7-8,15H,4-6,14H2,1-3H3. The molecule has 0 spiro atoms. The first-order valence-electron chi connectivity index (χ1n) is 5.81. The summed E-state index contributed by atoms with van der Waals surface area (Å²) in [5.74, 6) is 0.716. The highest BCUT2D eigenvalue weighted by Crippen LogP contribution is 2.23. The number of aryl methyl sites for hydroxylation is 1. The van der Waals surface area contributed by atoms with E-state index in [0.717, 1.165) is 30.0 Å². The van der Waals surface area contributed by atoms with E-state index in [1.165, 1.54) is 7.11 Å². The molecule has 5 heteroatoms. The molecule has 0 aliphatic heterocycles. The smallest absolute Gasteiger partial charge is 0.340 e. The van der Waals surface area contributed by atoms with Gasteiger partial charge in [-0.15, -0.1) is 0 Å². The number of carbonyl (C=O) groups excluding carboxylic acids is 1. The second kappa shape index (κ2) is 7.16. The maximum Gasteiger partial charge on any atom is 0.340 e. The Kier molecular flexibility index (Phi) is 5.85. The van der Waals surface area contributed by atoms with E-state index in [2.05, 4.69) is 11.6 Å². The summed E-state index contributed by atoms with van der Waals surface area (Å²) in [6.45, 7) is 2.76. The van der Waals surface area contributed by atoms with Crippen molar-refractivity contribution < 1.29 is 9.53 Å². The SMILES string of the molecule is COC(=O)c1cc(NCCCSC)cc(C)c1N. The number of nitrogens with one attached hydrogen (secondary N) is 1. The van der Waals surface area contributed by atoms with Crippen LogP contribution in [0.5, 0.6) is 0 Å². The van der Waals surface area contributed by atoms with Gasteiger partial charge >= 0.3 is 5.97 Å². The Balaban J connectivity index is 2.81. The molecule has 0 saturated carbocycles. The van der Waals surface area contributed by atoms with Gasteiger partial charge in [-0.25, -0.2) is 4.79 Å². The maximum absolute atomic E-state index is 11.6. The number of nitrogen functional groups attached to an aromatic ring is 1. The van der Waals surface area contributed by atoms with Crippen molar-refractivity contribution in [3.8, 4) is 0 Å². The van der Waals surface area contributed by atoms with Crippen LogP contribution in [-0.2, 0) is 4.74 Å². The molecular weight excluding hydrogens is 248 g/mol. The zero-order valence-corrected chi connectivity index (χ0v) is 11.9. The monoisotopic (exact) mass is 268 g/mol. The van der Waals surface area contributed by atoms with Crippen LogP contribution < -0.4 is 11.1 Å². The minimum absolute atomic E-state index is 0.400. The van der Waals surface area contributed by atoms with Crippen molar-refractivity contribution in [3.63, 3.8) is 0 Å². The van der Waals surface area contributed by atoms with Gasteiger partial charge in [-0.2, -0.15) is 11.8 Å². The Morgan fingerprint density at radius 1 is 1.50 bits per heavy atom. The quantitative estimate of drug-likeness (QED) is 0.471. The van der Waals surface area contributed by atoms with Gasteiger partial charge in [-0.3, -0.25) is 0 Å². The van der Waals surface area contributed by atoms with Crippen molar-refractivity contribution in [2.75, 3.05) is 36.7 Å². The lowest BCUT2D eigenvalue weighted by Gasteiger charge is -2.12. The minimum Gasteiger partial charge on any atom is -0.465 e. The Bertz CT molecular complexity index is 422. The highest BCUT2D eigenvalue weighted by Gasteiger charge is 2.13. The predicted octanol–water partition coefficient (Wildman–Crippen LogP) is 2.53. The number of ether oxygens (including phenoxy) is 1. The van der Waals surface area contributed by atoms with Gasteiger partial charge in [-0.05, 0) is 43.0 Å². The van der Waals surface area contributed by atoms with E-state index in [0.29, 0.717) is 11.3 Å². The van der Waals surface area contributed by atoms with Gasteiger partial charge in [0, 0.05) is 17.9 Å². The molecule has 0 aliphatic rings. The number of rotatable bonds is 6. The first kappa shape index (κ1) is 14.7. The van der Waals surface area contributed by atoms with Crippen molar-refractivity contribution in [1.29, 1.82) is 0 Å². The van der Waals surface area contributed by atoms with Crippen molar-refractivity contribution >= 4 is 29.1 Å². The first-order chi connectivity index (χ1) is 8.60. The lowest BCUT2D eigenvalue weighted by molar-refractivity contribution is 0.0602. The third-order valence-corrected chi connectivity index (χ3v) is 3.34. The van der Waals surface area contributed by atoms with Gasteiger partial charge in [0.2, 0.25) is 0 Å². The summed E-state index contributed by atoms with van der Waals surface area (Å²) in [5, 5.41) is 3.29. The summed E-state index contributed by atoms with van der Waals surface area (Å²) >= 11 is 1.82. The van der Waals surface area contributed by atoms with Crippen LogP contribution >= 0.6 is 11.8 Å². The fraction of sp³-hybridized carbons (Fsp3) is 0.462. The summed E-state index contributed by atoms with van der Waals surface area (Å²) in [4.78, 5) is 11.6. The Morgan fingerprint density at radius 3 is 2.83 bits per heavy atom. The Hall–Kier alpha value is -1.36. The lowest BCUT2D eigenvalue weighted by Crippen LogP contribution is -2.09. The van der Waals surface area contributed by atoms with Crippen molar-refractivity contribution in [2.45, 2.75) is 13.3 Å². The predicted molar refractivity (Wildman–Crippen MR) is 78.4 cm³/mol. The summed E-state index contributed by atoms with van der Waals surface area (Å²) in [5.41, 5.74) is 8.56. The molecule has 0 saturated heterocycles. The van der Waals surface area contributed by atoms with E-state index < -0.39 is 5.97 Å². The summed E-state index contributed by atoms with van der Waals surface area (Å²) in [6.07, 6.45) is 3.17. The molecule has 3 N–H and O–H groups in total. The molecular formula is C13H20N2O2S. The van der Waals surface area contributed by atoms with Crippen molar-refractivity contribution in [1.82, 2.24) is 0 Å². The van der Waals surface area contributed by atoms with Gasteiger partial charge in [0.15, 0.2) is 0 Å². The molecule has 1 aromatic rings. The van der Waals surface area contributed by atoms with Crippen LogP contribution in [0.3, 0.4) is 0 Å². The van der Waals surface area contributed by atoms with Gasteiger partial charge < -0.3 is 15.8 Å². The molecule has 0 amide bonds. The maximum atomic E-state index is 11.6. The van der Waals surface area contributed by atoms with Crippen molar-refractivity contribution in [3.05, 3.63) is 23.3 Å². The van der Waals surface area contributed by atoms with Gasteiger partial charge in [-0.1, -0.05) is 0 Å². The topological polar surface area (TPSA) is 64.3 Å². The summed E-state index contributed by atoms with van der Waals surface area (Å²) in [6, 6.07) is 3.69. The third kappa shape index (κ3) is 3.84. The second-order valence-corrected chi connectivity index (χ2v) is 5.00. The number of hydrogen-bond acceptors (Lipinski definition) is 5. The van der Waals surface area contributed by atoms with Gasteiger partial charge in [0.1, 0.15) is 0 Å². The van der Waals surface area contributed by atoms with E-state index in [1.807, 2.05) is 24.8 Å². The molecule has 0 aromatic heterocycles. The molecule has 0 heterocycles. The fourth-order valence-electron chi connectivity index (χ4n) is 1.63. The number of anilines is 2. The van der Waals surface area contributed by atoms with Crippen LogP contribution in [0.2, 0.25) is 0 Å². The van der Waals surface area contributed by atoms with E-state index in [1.54, 1.807) is 6.07 Å². The molecule has 0 atom stereocenters. The summed E-state index contributed by atoms with van der Waals surface area (Å²) < 4.78 is 4.72. The van der Waals surface area contributed by atoms with Crippen LogP contribution in [0.1, 0.15) is 22.3 Å². The lowest BCUT2D eigenvalue weighted by atomic mass is 10.1. The number of thioether (sulfide) groups is 1. The second-order valence-electron chi connectivity index (χ2n) is 4.02. The normalized spacial score (nSPS) is 10.2. The molecule has 0 unspecified atom stereocenters. The molecule has 18 heavy (non-hydrogen) atoms. The molecule has 0 aliphatic carbocycles. The van der Waals surface area contributed by atoms with Crippen LogP contribution in [0.25, 0.3) is 0 Å².